The monoisotopic (exact) mass is 370 g/mol. The first-order valence-corrected chi connectivity index (χ1v) is 8.17. The SMILES string of the molecule is CCOC(=O)C(=C(c1ccc(F)cc1)c1ccc(F)cc1)c1nnn(C)n1. The van der Waals surface area contributed by atoms with Gasteiger partial charge < -0.3 is 4.74 Å². The lowest BCUT2D eigenvalue weighted by Gasteiger charge is -2.14. The number of aromatic nitrogens is 4. The topological polar surface area (TPSA) is 69.9 Å². The molecule has 0 radical (unpaired) electrons. The number of tetrazole rings is 1. The number of hydrogen-bond acceptors (Lipinski definition) is 5. The zero-order valence-corrected chi connectivity index (χ0v) is 14.7. The molecule has 0 aliphatic carbocycles. The van der Waals surface area contributed by atoms with E-state index in [2.05, 4.69) is 15.4 Å². The van der Waals surface area contributed by atoms with E-state index in [9.17, 15) is 13.6 Å². The lowest BCUT2D eigenvalue weighted by atomic mass is 9.92. The molecule has 2 aromatic carbocycles. The highest BCUT2D eigenvalue weighted by Crippen LogP contribution is 2.32. The molecule has 3 aromatic rings. The third kappa shape index (κ3) is 4.05. The van der Waals surface area contributed by atoms with Crippen LogP contribution in [-0.2, 0) is 16.6 Å². The second-order valence-electron chi connectivity index (χ2n) is 5.59. The Morgan fingerprint density at radius 1 is 1.00 bits per heavy atom. The minimum atomic E-state index is -0.658. The van der Waals surface area contributed by atoms with Crippen LogP contribution in [0.2, 0.25) is 0 Å². The minimum absolute atomic E-state index is 0.0552. The highest BCUT2D eigenvalue weighted by molar-refractivity contribution is 6.25. The molecule has 6 nitrogen and oxygen atoms in total. The fraction of sp³-hybridized carbons (Fsp3) is 0.158. The highest BCUT2D eigenvalue weighted by atomic mass is 19.1. The molecule has 0 amide bonds. The Bertz CT molecular complexity index is 932. The molecule has 0 aliphatic rings. The fourth-order valence-corrected chi connectivity index (χ4v) is 2.58. The summed E-state index contributed by atoms with van der Waals surface area (Å²) >= 11 is 0. The zero-order valence-electron chi connectivity index (χ0n) is 14.7. The van der Waals surface area contributed by atoms with Crippen molar-refractivity contribution in [3.05, 3.63) is 77.1 Å². The maximum atomic E-state index is 13.4. The quantitative estimate of drug-likeness (QED) is 0.510. The van der Waals surface area contributed by atoms with Gasteiger partial charge in [-0.1, -0.05) is 24.3 Å². The van der Waals surface area contributed by atoms with E-state index in [1.807, 2.05) is 0 Å². The van der Waals surface area contributed by atoms with Crippen molar-refractivity contribution in [2.75, 3.05) is 6.61 Å². The number of rotatable bonds is 5. The maximum Gasteiger partial charge on any atom is 0.342 e. The zero-order chi connectivity index (χ0) is 19.4. The molecule has 0 N–H and O–H groups in total. The summed E-state index contributed by atoms with van der Waals surface area (Å²) in [7, 11) is 1.56. The Balaban J connectivity index is 2.32. The van der Waals surface area contributed by atoms with Gasteiger partial charge in [-0.25, -0.2) is 13.6 Å². The van der Waals surface area contributed by atoms with Crippen LogP contribution in [0.15, 0.2) is 48.5 Å². The number of nitrogens with zero attached hydrogens (tertiary/aromatic N) is 4. The fourth-order valence-electron chi connectivity index (χ4n) is 2.58. The molecular formula is C19H16F2N4O2. The van der Waals surface area contributed by atoms with Crippen LogP contribution in [0.25, 0.3) is 11.1 Å². The first-order chi connectivity index (χ1) is 13.0. The van der Waals surface area contributed by atoms with Crippen molar-refractivity contribution in [2.45, 2.75) is 6.92 Å². The lowest BCUT2D eigenvalue weighted by molar-refractivity contribution is -0.136. The number of aryl methyl sites for hydroxylation is 1. The molecule has 0 bridgehead atoms. The molecule has 0 aliphatic heterocycles. The molecule has 0 unspecified atom stereocenters. The third-order valence-corrected chi connectivity index (χ3v) is 3.73. The smallest absolute Gasteiger partial charge is 0.342 e. The Morgan fingerprint density at radius 3 is 1.93 bits per heavy atom. The predicted octanol–water partition coefficient (Wildman–Crippen LogP) is 3.01. The van der Waals surface area contributed by atoms with E-state index in [-0.39, 0.29) is 18.0 Å². The van der Waals surface area contributed by atoms with Crippen LogP contribution in [0.4, 0.5) is 8.78 Å². The van der Waals surface area contributed by atoms with E-state index < -0.39 is 17.6 Å². The van der Waals surface area contributed by atoms with Gasteiger partial charge in [-0.2, -0.15) is 4.80 Å². The summed E-state index contributed by atoms with van der Waals surface area (Å²) < 4.78 is 32.0. The Morgan fingerprint density at radius 2 is 1.52 bits per heavy atom. The van der Waals surface area contributed by atoms with Crippen LogP contribution in [0.5, 0.6) is 0 Å². The summed E-state index contributed by atoms with van der Waals surface area (Å²) in [6.07, 6.45) is 0. The minimum Gasteiger partial charge on any atom is -0.462 e. The lowest BCUT2D eigenvalue weighted by Crippen LogP contribution is -2.11. The van der Waals surface area contributed by atoms with E-state index >= 15 is 0 Å². The summed E-state index contributed by atoms with van der Waals surface area (Å²) in [5.41, 5.74) is 1.50. The Labute approximate surface area is 154 Å². The molecule has 3 rings (SSSR count). The molecule has 0 spiro atoms. The van der Waals surface area contributed by atoms with Crippen LogP contribution in [-0.4, -0.2) is 32.8 Å². The number of ether oxygens (including phenoxy) is 1. The first kappa shape index (κ1) is 18.4. The molecule has 138 valence electrons. The molecule has 0 saturated carbocycles. The van der Waals surface area contributed by atoms with Gasteiger partial charge in [0.25, 0.3) is 0 Å². The van der Waals surface area contributed by atoms with Gasteiger partial charge in [0.1, 0.15) is 17.2 Å². The number of benzene rings is 2. The molecule has 1 heterocycles. The number of halogens is 2. The summed E-state index contributed by atoms with van der Waals surface area (Å²) in [5, 5.41) is 11.8. The summed E-state index contributed by atoms with van der Waals surface area (Å²) in [6, 6.07) is 11.1. The number of carbonyl (C=O) groups excluding carboxylic acids is 1. The number of hydrogen-bond donors (Lipinski definition) is 0. The summed E-state index contributed by atoms with van der Waals surface area (Å²) in [4.78, 5) is 13.9. The molecule has 8 heteroatoms. The second-order valence-corrected chi connectivity index (χ2v) is 5.59. The van der Waals surface area contributed by atoms with Gasteiger partial charge >= 0.3 is 5.97 Å². The van der Waals surface area contributed by atoms with Crippen molar-refractivity contribution < 1.29 is 18.3 Å². The summed E-state index contributed by atoms with van der Waals surface area (Å²) in [6.45, 7) is 1.82. The van der Waals surface area contributed by atoms with E-state index in [1.54, 1.807) is 14.0 Å². The molecule has 0 fully saturated rings. The van der Waals surface area contributed by atoms with E-state index in [0.29, 0.717) is 16.7 Å². The number of carbonyl (C=O) groups is 1. The van der Waals surface area contributed by atoms with Crippen LogP contribution >= 0.6 is 0 Å². The van der Waals surface area contributed by atoms with Crippen LogP contribution in [0, 0.1) is 11.6 Å². The van der Waals surface area contributed by atoms with Crippen molar-refractivity contribution in [3.8, 4) is 0 Å². The van der Waals surface area contributed by atoms with Gasteiger partial charge in [-0.3, -0.25) is 0 Å². The van der Waals surface area contributed by atoms with Crippen LogP contribution < -0.4 is 0 Å². The average Bonchev–Trinajstić information content (AvgIpc) is 3.07. The molecule has 0 saturated heterocycles. The molecule has 0 atom stereocenters. The standard InChI is InChI=1S/C19H16F2N4O2/c1-3-27-19(26)17(18-22-24-25(2)23-18)16(12-4-8-14(20)9-5-12)13-6-10-15(21)11-7-13/h4-11H,3H2,1-2H3. The predicted molar refractivity (Wildman–Crippen MR) is 94.1 cm³/mol. The van der Waals surface area contributed by atoms with Crippen molar-refractivity contribution in [3.63, 3.8) is 0 Å². The van der Waals surface area contributed by atoms with Gasteiger partial charge in [0.15, 0.2) is 0 Å². The normalized spacial score (nSPS) is 10.5. The largest absolute Gasteiger partial charge is 0.462 e. The van der Waals surface area contributed by atoms with Gasteiger partial charge in [0.2, 0.25) is 5.82 Å². The molecule has 1 aromatic heterocycles. The number of esters is 1. The molecular weight excluding hydrogens is 354 g/mol. The van der Waals surface area contributed by atoms with Crippen molar-refractivity contribution >= 4 is 17.1 Å². The Kier molecular flexibility index (Phi) is 5.35. The maximum absolute atomic E-state index is 13.4. The first-order valence-electron chi connectivity index (χ1n) is 8.17. The Hall–Kier alpha value is -3.42. The van der Waals surface area contributed by atoms with E-state index in [0.717, 1.165) is 0 Å². The average molecular weight is 370 g/mol. The van der Waals surface area contributed by atoms with Crippen LogP contribution in [0.1, 0.15) is 23.9 Å². The second kappa shape index (κ2) is 7.86. The van der Waals surface area contributed by atoms with Gasteiger partial charge in [-0.05, 0) is 47.5 Å². The van der Waals surface area contributed by atoms with Crippen molar-refractivity contribution in [1.82, 2.24) is 20.2 Å². The van der Waals surface area contributed by atoms with Gasteiger partial charge in [0.05, 0.1) is 13.7 Å². The van der Waals surface area contributed by atoms with Crippen molar-refractivity contribution in [1.29, 1.82) is 0 Å². The summed E-state index contributed by atoms with van der Waals surface area (Å²) in [5.74, 6) is -1.45. The van der Waals surface area contributed by atoms with Crippen LogP contribution in [0.3, 0.4) is 0 Å². The van der Waals surface area contributed by atoms with Gasteiger partial charge in [-0.15, -0.1) is 10.2 Å². The third-order valence-electron chi connectivity index (χ3n) is 3.73. The van der Waals surface area contributed by atoms with Gasteiger partial charge in [0, 0.05) is 5.57 Å². The van der Waals surface area contributed by atoms with E-state index in [4.69, 9.17) is 4.74 Å². The van der Waals surface area contributed by atoms with E-state index in [1.165, 1.54) is 53.3 Å². The molecule has 27 heavy (non-hydrogen) atoms. The highest BCUT2D eigenvalue weighted by Gasteiger charge is 2.25. The van der Waals surface area contributed by atoms with Crippen molar-refractivity contribution in [2.24, 2.45) is 7.05 Å².